The van der Waals surface area contributed by atoms with Crippen LogP contribution in [0, 0.1) is 0 Å². The van der Waals surface area contributed by atoms with Crippen LogP contribution in [0.1, 0.15) is 30.9 Å². The zero-order valence-electron chi connectivity index (χ0n) is 14.1. The largest absolute Gasteiger partial charge is 0.472 e. The molecule has 1 saturated heterocycles. The van der Waals surface area contributed by atoms with Crippen molar-refractivity contribution in [2.75, 3.05) is 18.9 Å². The maximum atomic E-state index is 6.21. The molecule has 6 nitrogen and oxygen atoms in total. The lowest BCUT2D eigenvalue weighted by Gasteiger charge is -2.15. The van der Waals surface area contributed by atoms with Gasteiger partial charge in [-0.2, -0.15) is 5.10 Å². The van der Waals surface area contributed by atoms with Crippen LogP contribution in [0.15, 0.2) is 42.6 Å². The normalized spacial score (nSPS) is 18.2. The Labute approximate surface area is 146 Å². The second kappa shape index (κ2) is 7.11. The predicted molar refractivity (Wildman–Crippen MR) is 96.4 cm³/mol. The maximum Gasteiger partial charge on any atom is 0.227 e. The minimum Gasteiger partial charge on any atom is -0.472 e. The first-order chi connectivity index (χ1) is 12.3. The third-order valence-electron chi connectivity index (χ3n) is 4.60. The van der Waals surface area contributed by atoms with Gasteiger partial charge in [-0.05, 0) is 30.9 Å². The highest BCUT2D eigenvalue weighted by molar-refractivity contribution is 5.93. The van der Waals surface area contributed by atoms with Crippen LogP contribution in [0.2, 0.25) is 0 Å². The molecule has 1 atom stereocenters. The van der Waals surface area contributed by atoms with Crippen LogP contribution in [0.5, 0.6) is 5.88 Å². The Kier molecular flexibility index (Phi) is 4.52. The number of hydrogen-bond donors (Lipinski definition) is 1. The van der Waals surface area contributed by atoms with Crippen molar-refractivity contribution in [2.24, 2.45) is 0 Å². The number of rotatable bonds is 4. The molecule has 130 valence electrons. The lowest BCUT2D eigenvalue weighted by molar-refractivity contribution is 0.141. The Morgan fingerprint density at radius 2 is 2.04 bits per heavy atom. The highest BCUT2D eigenvalue weighted by Crippen LogP contribution is 2.33. The molecule has 3 aromatic rings. The first-order valence-electron chi connectivity index (χ1n) is 8.70. The number of nitrogens with two attached hydrogens (primary N) is 1. The van der Waals surface area contributed by atoms with E-state index in [4.69, 9.17) is 15.2 Å². The monoisotopic (exact) mass is 338 g/mol. The van der Waals surface area contributed by atoms with E-state index in [1.54, 1.807) is 6.20 Å². The highest BCUT2D eigenvalue weighted by atomic mass is 16.5. The summed E-state index contributed by atoms with van der Waals surface area (Å²) in [6.07, 6.45) is 4.78. The summed E-state index contributed by atoms with van der Waals surface area (Å²) in [4.78, 5) is 4.38. The molecule has 0 unspecified atom stereocenters. The smallest absolute Gasteiger partial charge is 0.227 e. The first kappa shape index (κ1) is 15.9. The summed E-state index contributed by atoms with van der Waals surface area (Å²) in [6, 6.07) is 12.3. The number of benzene rings is 1. The van der Waals surface area contributed by atoms with Crippen molar-refractivity contribution in [3.8, 4) is 5.88 Å². The van der Waals surface area contributed by atoms with Gasteiger partial charge in [0.2, 0.25) is 5.88 Å². The van der Waals surface area contributed by atoms with E-state index in [2.05, 4.69) is 10.1 Å². The number of anilines is 1. The van der Waals surface area contributed by atoms with Crippen molar-refractivity contribution in [2.45, 2.75) is 31.9 Å². The molecule has 0 amide bonds. The summed E-state index contributed by atoms with van der Waals surface area (Å²) in [6.45, 7) is 2.03. The Morgan fingerprint density at radius 1 is 1.16 bits per heavy atom. The lowest BCUT2D eigenvalue weighted by Crippen LogP contribution is -2.11. The minimum absolute atomic E-state index is 0.298. The van der Waals surface area contributed by atoms with Gasteiger partial charge in [-0.25, -0.2) is 4.98 Å². The zero-order valence-corrected chi connectivity index (χ0v) is 14.1. The van der Waals surface area contributed by atoms with Crippen LogP contribution in [0.3, 0.4) is 0 Å². The van der Waals surface area contributed by atoms with Gasteiger partial charge in [0.25, 0.3) is 0 Å². The SMILES string of the molecule is Nc1nn([C@@H]2CCCOCC2)c2ccnc(OCc3ccccc3)c12. The van der Waals surface area contributed by atoms with Crippen molar-refractivity contribution >= 4 is 16.7 Å². The van der Waals surface area contributed by atoms with Gasteiger partial charge >= 0.3 is 0 Å². The van der Waals surface area contributed by atoms with Crippen molar-refractivity contribution in [3.05, 3.63) is 48.2 Å². The molecule has 1 aromatic carbocycles. The maximum absolute atomic E-state index is 6.21. The fourth-order valence-corrected chi connectivity index (χ4v) is 3.33. The van der Waals surface area contributed by atoms with Crippen LogP contribution < -0.4 is 10.5 Å². The van der Waals surface area contributed by atoms with Crippen molar-refractivity contribution in [1.82, 2.24) is 14.8 Å². The number of aromatic nitrogens is 3. The number of hydrogen-bond acceptors (Lipinski definition) is 5. The number of nitrogens with zero attached hydrogens (tertiary/aromatic N) is 3. The molecule has 2 aromatic heterocycles. The predicted octanol–water partition coefficient (Wildman–Crippen LogP) is 3.33. The van der Waals surface area contributed by atoms with Gasteiger partial charge in [0.15, 0.2) is 5.82 Å². The van der Waals surface area contributed by atoms with Crippen molar-refractivity contribution in [1.29, 1.82) is 0 Å². The van der Waals surface area contributed by atoms with E-state index in [9.17, 15) is 0 Å². The summed E-state index contributed by atoms with van der Waals surface area (Å²) in [7, 11) is 0. The molecule has 0 saturated carbocycles. The van der Waals surface area contributed by atoms with E-state index in [-0.39, 0.29) is 0 Å². The van der Waals surface area contributed by atoms with Crippen molar-refractivity contribution < 1.29 is 9.47 Å². The van der Waals surface area contributed by atoms with Gasteiger partial charge < -0.3 is 15.2 Å². The van der Waals surface area contributed by atoms with Gasteiger partial charge in [-0.1, -0.05) is 30.3 Å². The van der Waals surface area contributed by atoms with E-state index in [1.165, 1.54) is 0 Å². The van der Waals surface area contributed by atoms with E-state index in [1.807, 2.05) is 41.1 Å². The number of pyridine rings is 1. The topological polar surface area (TPSA) is 75.2 Å². The van der Waals surface area contributed by atoms with Crippen LogP contribution in [-0.4, -0.2) is 28.0 Å². The van der Waals surface area contributed by atoms with Crippen LogP contribution in [0.4, 0.5) is 5.82 Å². The van der Waals surface area contributed by atoms with Crippen LogP contribution >= 0.6 is 0 Å². The first-order valence-corrected chi connectivity index (χ1v) is 8.70. The van der Waals surface area contributed by atoms with Crippen molar-refractivity contribution in [3.63, 3.8) is 0 Å². The van der Waals surface area contributed by atoms with E-state index in [0.29, 0.717) is 24.3 Å². The van der Waals surface area contributed by atoms with Gasteiger partial charge in [0.1, 0.15) is 12.0 Å². The molecule has 1 aliphatic heterocycles. The van der Waals surface area contributed by atoms with Gasteiger partial charge in [0.05, 0.1) is 11.6 Å². The molecule has 0 bridgehead atoms. The summed E-state index contributed by atoms with van der Waals surface area (Å²) < 4.78 is 13.5. The second-order valence-electron chi connectivity index (χ2n) is 6.31. The summed E-state index contributed by atoms with van der Waals surface area (Å²) in [5, 5.41) is 5.38. The molecule has 1 aliphatic rings. The molecule has 4 rings (SSSR count). The van der Waals surface area contributed by atoms with E-state index in [0.717, 1.165) is 48.9 Å². The fourth-order valence-electron chi connectivity index (χ4n) is 3.33. The molecule has 25 heavy (non-hydrogen) atoms. The van der Waals surface area contributed by atoms with Gasteiger partial charge in [-0.3, -0.25) is 4.68 Å². The average Bonchev–Trinajstić information content (AvgIpc) is 2.83. The van der Waals surface area contributed by atoms with Crippen LogP contribution in [0.25, 0.3) is 10.9 Å². The molecule has 0 radical (unpaired) electrons. The third-order valence-corrected chi connectivity index (χ3v) is 4.60. The van der Waals surface area contributed by atoms with E-state index >= 15 is 0 Å². The Morgan fingerprint density at radius 3 is 2.92 bits per heavy atom. The Hall–Kier alpha value is -2.60. The molecule has 0 aliphatic carbocycles. The van der Waals surface area contributed by atoms with Gasteiger partial charge in [0, 0.05) is 19.4 Å². The van der Waals surface area contributed by atoms with Gasteiger partial charge in [-0.15, -0.1) is 0 Å². The summed E-state index contributed by atoms with van der Waals surface area (Å²) in [5.41, 5.74) is 8.27. The third kappa shape index (κ3) is 3.30. The second-order valence-corrected chi connectivity index (χ2v) is 6.31. The Bertz CT molecular complexity index is 839. The number of fused-ring (bicyclic) bond motifs is 1. The van der Waals surface area contributed by atoms with Crippen LogP contribution in [-0.2, 0) is 11.3 Å². The number of nitrogen functional groups attached to an aromatic ring is 1. The number of ether oxygens (including phenoxy) is 2. The quantitative estimate of drug-likeness (QED) is 0.790. The Balaban J connectivity index is 1.65. The lowest BCUT2D eigenvalue weighted by atomic mass is 10.1. The standard InChI is InChI=1S/C19H22N4O2/c20-18-17-16(23(22-18)15-7-4-11-24-12-9-15)8-10-21-19(17)25-13-14-5-2-1-3-6-14/h1-3,5-6,8,10,15H,4,7,9,11-13H2,(H2,20,22)/t15-/m1/s1. The summed E-state index contributed by atoms with van der Waals surface area (Å²) >= 11 is 0. The molecule has 1 fully saturated rings. The fraction of sp³-hybridized carbons (Fsp3) is 0.368. The molecule has 6 heteroatoms. The van der Waals surface area contributed by atoms with E-state index < -0.39 is 0 Å². The zero-order chi connectivity index (χ0) is 17.1. The molecule has 0 spiro atoms. The molecule has 2 N–H and O–H groups in total. The summed E-state index contributed by atoms with van der Waals surface area (Å²) in [5.74, 6) is 1.01. The molecular formula is C19H22N4O2. The molecular weight excluding hydrogens is 316 g/mol. The minimum atomic E-state index is 0.298. The molecule has 3 heterocycles. The average molecular weight is 338 g/mol. The highest BCUT2D eigenvalue weighted by Gasteiger charge is 2.21.